The molecule has 1 rings (SSSR count). The van der Waals surface area contributed by atoms with Crippen LogP contribution in [-0.2, 0) is 0 Å². The van der Waals surface area contributed by atoms with Gasteiger partial charge in [-0.1, -0.05) is 11.6 Å². The van der Waals surface area contributed by atoms with Crippen molar-refractivity contribution in [2.75, 3.05) is 0 Å². The lowest BCUT2D eigenvalue weighted by Crippen LogP contribution is -1.92. The molecule has 0 fully saturated rings. The molecular formula is C6H5ClN2O. The summed E-state index contributed by atoms with van der Waals surface area (Å²) >= 11 is 5.55. The topological polar surface area (TPSA) is 42.9 Å². The van der Waals surface area contributed by atoms with Gasteiger partial charge in [-0.3, -0.25) is 4.79 Å². The van der Waals surface area contributed by atoms with Gasteiger partial charge in [0.05, 0.1) is 0 Å². The van der Waals surface area contributed by atoms with Crippen LogP contribution in [0.5, 0.6) is 0 Å². The van der Waals surface area contributed by atoms with Crippen LogP contribution in [0.3, 0.4) is 0 Å². The van der Waals surface area contributed by atoms with Crippen LogP contribution in [0, 0.1) is 6.92 Å². The lowest BCUT2D eigenvalue weighted by atomic mass is 10.3. The minimum atomic E-state index is 0.307. The van der Waals surface area contributed by atoms with Crippen LogP contribution in [0.15, 0.2) is 6.07 Å². The van der Waals surface area contributed by atoms with E-state index in [9.17, 15) is 4.79 Å². The highest BCUT2D eigenvalue weighted by atomic mass is 35.5. The quantitative estimate of drug-likeness (QED) is 0.575. The van der Waals surface area contributed by atoms with Crippen LogP contribution >= 0.6 is 11.6 Å². The Morgan fingerprint density at radius 1 is 1.60 bits per heavy atom. The lowest BCUT2D eigenvalue weighted by molar-refractivity contribution is 0.111. The third kappa shape index (κ3) is 1.30. The average molecular weight is 157 g/mol. The number of rotatable bonds is 1. The van der Waals surface area contributed by atoms with Crippen LogP contribution in [0.1, 0.15) is 16.1 Å². The first-order valence-electron chi connectivity index (χ1n) is 2.69. The van der Waals surface area contributed by atoms with E-state index in [2.05, 4.69) is 10.2 Å². The summed E-state index contributed by atoms with van der Waals surface area (Å²) in [6, 6.07) is 1.59. The van der Waals surface area contributed by atoms with Crippen molar-refractivity contribution >= 4 is 17.9 Å². The number of halogens is 1. The van der Waals surface area contributed by atoms with E-state index in [-0.39, 0.29) is 0 Å². The zero-order valence-corrected chi connectivity index (χ0v) is 6.09. The normalized spacial score (nSPS) is 9.40. The fourth-order valence-electron chi connectivity index (χ4n) is 0.548. The van der Waals surface area contributed by atoms with Crippen molar-refractivity contribution in [2.24, 2.45) is 0 Å². The molecular weight excluding hydrogens is 152 g/mol. The van der Waals surface area contributed by atoms with Crippen molar-refractivity contribution in [3.8, 4) is 0 Å². The predicted molar refractivity (Wildman–Crippen MR) is 37.2 cm³/mol. The van der Waals surface area contributed by atoms with Crippen molar-refractivity contribution in [3.05, 3.63) is 22.5 Å². The molecule has 1 aromatic rings. The number of carbonyl (C=O) groups is 1. The molecule has 0 bridgehead atoms. The predicted octanol–water partition coefficient (Wildman–Crippen LogP) is 1.25. The third-order valence-corrected chi connectivity index (χ3v) is 1.44. The fourth-order valence-corrected chi connectivity index (χ4v) is 0.641. The van der Waals surface area contributed by atoms with E-state index in [4.69, 9.17) is 11.6 Å². The average Bonchev–Trinajstić information content (AvgIpc) is 1.95. The van der Waals surface area contributed by atoms with Crippen molar-refractivity contribution in [2.45, 2.75) is 6.92 Å². The van der Waals surface area contributed by atoms with Gasteiger partial charge < -0.3 is 0 Å². The molecule has 0 N–H and O–H groups in total. The van der Waals surface area contributed by atoms with E-state index in [1.54, 1.807) is 13.0 Å². The Hall–Kier alpha value is -0.960. The summed E-state index contributed by atoms with van der Waals surface area (Å²) in [5.41, 5.74) is 1.07. The molecule has 0 aliphatic carbocycles. The summed E-state index contributed by atoms with van der Waals surface area (Å²) < 4.78 is 0. The van der Waals surface area contributed by atoms with E-state index >= 15 is 0 Å². The van der Waals surface area contributed by atoms with Crippen LogP contribution in [0.4, 0.5) is 0 Å². The van der Waals surface area contributed by atoms with E-state index in [1.165, 1.54) is 0 Å². The van der Waals surface area contributed by atoms with Crippen molar-refractivity contribution in [1.82, 2.24) is 10.2 Å². The summed E-state index contributed by atoms with van der Waals surface area (Å²) in [7, 11) is 0. The van der Waals surface area contributed by atoms with E-state index in [1.807, 2.05) is 0 Å². The number of carbonyl (C=O) groups excluding carboxylic acids is 1. The molecule has 0 saturated carbocycles. The molecule has 0 radical (unpaired) electrons. The Morgan fingerprint density at radius 3 is 2.80 bits per heavy atom. The van der Waals surface area contributed by atoms with Gasteiger partial charge in [-0.15, -0.1) is 10.2 Å². The molecule has 0 spiro atoms. The number of hydrogen-bond donors (Lipinski definition) is 0. The van der Waals surface area contributed by atoms with Gasteiger partial charge in [0.25, 0.3) is 0 Å². The second kappa shape index (κ2) is 2.75. The van der Waals surface area contributed by atoms with Crippen LogP contribution in [-0.4, -0.2) is 16.5 Å². The number of aldehydes is 1. The summed E-state index contributed by atoms with van der Waals surface area (Å²) in [6.45, 7) is 1.77. The van der Waals surface area contributed by atoms with Crippen LogP contribution in [0.25, 0.3) is 0 Å². The first-order valence-corrected chi connectivity index (χ1v) is 3.07. The molecule has 0 aliphatic heterocycles. The van der Waals surface area contributed by atoms with Gasteiger partial charge >= 0.3 is 0 Å². The van der Waals surface area contributed by atoms with Gasteiger partial charge in [-0.25, -0.2) is 0 Å². The Bertz CT molecular complexity index is 262. The number of nitrogens with zero attached hydrogens (tertiary/aromatic N) is 2. The second-order valence-electron chi connectivity index (χ2n) is 1.86. The zero-order valence-electron chi connectivity index (χ0n) is 5.34. The Morgan fingerprint density at radius 2 is 2.30 bits per heavy atom. The van der Waals surface area contributed by atoms with E-state index in [0.717, 1.165) is 5.56 Å². The lowest BCUT2D eigenvalue weighted by Gasteiger charge is -1.93. The van der Waals surface area contributed by atoms with Crippen LogP contribution < -0.4 is 0 Å². The van der Waals surface area contributed by atoms with Crippen LogP contribution in [0.2, 0.25) is 5.15 Å². The monoisotopic (exact) mass is 156 g/mol. The highest BCUT2D eigenvalue weighted by Gasteiger charge is 1.97. The molecule has 1 aromatic heterocycles. The smallest absolute Gasteiger partial charge is 0.170 e. The fraction of sp³-hybridized carbons (Fsp3) is 0.167. The molecule has 0 atom stereocenters. The van der Waals surface area contributed by atoms with Gasteiger partial charge in [0, 0.05) is 0 Å². The first-order chi connectivity index (χ1) is 4.74. The van der Waals surface area contributed by atoms with Crippen molar-refractivity contribution in [3.63, 3.8) is 0 Å². The maximum atomic E-state index is 10.1. The van der Waals surface area contributed by atoms with Gasteiger partial charge in [0.1, 0.15) is 5.69 Å². The highest BCUT2D eigenvalue weighted by molar-refractivity contribution is 6.30. The highest BCUT2D eigenvalue weighted by Crippen LogP contribution is 2.08. The largest absolute Gasteiger partial charge is 0.296 e. The minimum absolute atomic E-state index is 0.307. The van der Waals surface area contributed by atoms with Gasteiger partial charge in [0.2, 0.25) is 0 Å². The molecule has 0 unspecified atom stereocenters. The SMILES string of the molecule is Cc1cc(C=O)nnc1Cl. The second-order valence-corrected chi connectivity index (χ2v) is 2.22. The molecule has 0 saturated heterocycles. The van der Waals surface area contributed by atoms with Crippen molar-refractivity contribution < 1.29 is 4.79 Å². The van der Waals surface area contributed by atoms with Gasteiger partial charge in [0.15, 0.2) is 11.4 Å². The Balaban J connectivity index is 3.16. The van der Waals surface area contributed by atoms with E-state index < -0.39 is 0 Å². The van der Waals surface area contributed by atoms with Gasteiger partial charge in [-0.05, 0) is 18.6 Å². The summed E-state index contributed by atoms with van der Waals surface area (Å²) in [6.07, 6.45) is 0.635. The summed E-state index contributed by atoms with van der Waals surface area (Å²) in [5, 5.41) is 7.38. The maximum absolute atomic E-state index is 10.1. The Labute approximate surface area is 63.0 Å². The molecule has 1 heterocycles. The molecule has 0 aromatic carbocycles. The molecule has 52 valence electrons. The first kappa shape index (κ1) is 7.15. The number of aromatic nitrogens is 2. The van der Waals surface area contributed by atoms with E-state index in [0.29, 0.717) is 17.1 Å². The Kier molecular flexibility index (Phi) is 1.97. The summed E-state index contributed by atoms with van der Waals surface area (Å²) in [4.78, 5) is 10.1. The zero-order chi connectivity index (χ0) is 7.56. The van der Waals surface area contributed by atoms with Gasteiger partial charge in [-0.2, -0.15) is 0 Å². The van der Waals surface area contributed by atoms with Crippen molar-refractivity contribution in [1.29, 1.82) is 0 Å². The molecule has 0 aliphatic rings. The third-order valence-electron chi connectivity index (χ3n) is 1.06. The maximum Gasteiger partial charge on any atom is 0.170 e. The minimum Gasteiger partial charge on any atom is -0.296 e. The summed E-state index contributed by atoms with van der Waals surface area (Å²) in [5.74, 6) is 0. The standard InChI is InChI=1S/C6H5ClN2O/c1-4-2-5(3-10)8-9-6(4)7/h2-3H,1H3. The number of hydrogen-bond acceptors (Lipinski definition) is 3. The molecule has 0 amide bonds. The molecule has 4 heteroatoms. The molecule has 3 nitrogen and oxygen atoms in total. The number of aryl methyl sites for hydroxylation is 1. The molecule has 10 heavy (non-hydrogen) atoms.